The van der Waals surface area contributed by atoms with Crippen molar-refractivity contribution in [1.82, 2.24) is 10.2 Å². The second-order valence-corrected chi connectivity index (χ2v) is 6.66. The smallest absolute Gasteiger partial charge is 0.221 e. The van der Waals surface area contributed by atoms with E-state index >= 15 is 0 Å². The van der Waals surface area contributed by atoms with Crippen LogP contribution in [0.25, 0.3) is 0 Å². The Labute approximate surface area is 128 Å². The summed E-state index contributed by atoms with van der Waals surface area (Å²) in [5.74, 6) is 0.233. The zero-order chi connectivity index (χ0) is 15.1. The second kappa shape index (κ2) is 8.40. The Hall–Kier alpha value is -1.06. The third-order valence-corrected chi connectivity index (χ3v) is 4.97. The van der Waals surface area contributed by atoms with Crippen molar-refractivity contribution < 1.29 is 9.59 Å². The number of hydrogen-bond acceptors (Lipinski definition) is 2. The molecule has 2 rings (SSSR count). The molecule has 0 aliphatic heterocycles. The number of rotatable bonds is 5. The van der Waals surface area contributed by atoms with Gasteiger partial charge < -0.3 is 10.2 Å². The largest absolute Gasteiger partial charge is 0.353 e. The number of amides is 2. The Morgan fingerprint density at radius 1 is 0.952 bits per heavy atom. The van der Waals surface area contributed by atoms with Crippen LogP contribution in [0.1, 0.15) is 77.6 Å². The number of carbonyl (C=O) groups excluding carboxylic acids is 2. The third kappa shape index (κ3) is 5.33. The van der Waals surface area contributed by atoms with Crippen molar-refractivity contribution in [1.29, 1.82) is 0 Å². The van der Waals surface area contributed by atoms with Gasteiger partial charge in [0.1, 0.15) is 0 Å². The Morgan fingerprint density at radius 2 is 1.52 bits per heavy atom. The molecule has 0 spiro atoms. The van der Waals surface area contributed by atoms with Gasteiger partial charge in [-0.2, -0.15) is 0 Å². The molecular formula is C17H30N2O2. The van der Waals surface area contributed by atoms with Gasteiger partial charge in [-0.25, -0.2) is 0 Å². The van der Waals surface area contributed by atoms with Gasteiger partial charge in [0.25, 0.3) is 0 Å². The lowest BCUT2D eigenvalue weighted by Crippen LogP contribution is -2.43. The van der Waals surface area contributed by atoms with Gasteiger partial charge in [-0.1, -0.05) is 38.5 Å². The van der Waals surface area contributed by atoms with E-state index in [0.29, 0.717) is 25.0 Å². The first-order valence-electron chi connectivity index (χ1n) is 8.73. The van der Waals surface area contributed by atoms with E-state index in [0.717, 1.165) is 25.7 Å². The predicted molar refractivity (Wildman–Crippen MR) is 83.9 cm³/mol. The first-order valence-corrected chi connectivity index (χ1v) is 8.73. The van der Waals surface area contributed by atoms with Crippen LogP contribution in [0.3, 0.4) is 0 Å². The van der Waals surface area contributed by atoms with Crippen LogP contribution in [0.15, 0.2) is 0 Å². The van der Waals surface area contributed by atoms with Gasteiger partial charge in [0.15, 0.2) is 0 Å². The Morgan fingerprint density at radius 3 is 2.10 bits per heavy atom. The van der Waals surface area contributed by atoms with E-state index in [2.05, 4.69) is 5.32 Å². The molecule has 0 heterocycles. The summed E-state index contributed by atoms with van der Waals surface area (Å²) < 4.78 is 0. The minimum Gasteiger partial charge on any atom is -0.353 e. The van der Waals surface area contributed by atoms with Crippen molar-refractivity contribution in [3.05, 3.63) is 0 Å². The lowest BCUT2D eigenvalue weighted by molar-refractivity contribution is -0.132. The monoisotopic (exact) mass is 294 g/mol. The van der Waals surface area contributed by atoms with Gasteiger partial charge in [-0.05, 0) is 25.7 Å². The molecule has 0 radical (unpaired) electrons. The molecule has 0 aromatic carbocycles. The highest BCUT2D eigenvalue weighted by Crippen LogP contribution is 2.23. The summed E-state index contributed by atoms with van der Waals surface area (Å²) >= 11 is 0. The molecule has 21 heavy (non-hydrogen) atoms. The van der Waals surface area contributed by atoms with Crippen LogP contribution in [0.4, 0.5) is 0 Å². The van der Waals surface area contributed by atoms with Crippen LogP contribution < -0.4 is 5.32 Å². The van der Waals surface area contributed by atoms with E-state index in [-0.39, 0.29) is 11.8 Å². The van der Waals surface area contributed by atoms with Crippen LogP contribution in [-0.4, -0.2) is 35.3 Å². The van der Waals surface area contributed by atoms with Gasteiger partial charge in [0.05, 0.1) is 0 Å². The van der Waals surface area contributed by atoms with E-state index in [9.17, 15) is 9.59 Å². The average Bonchev–Trinajstić information content (AvgIpc) is 2.49. The molecule has 0 unspecified atom stereocenters. The molecule has 2 aliphatic carbocycles. The van der Waals surface area contributed by atoms with E-state index in [1.54, 1.807) is 6.92 Å². The van der Waals surface area contributed by atoms with Gasteiger partial charge in [0, 0.05) is 32.0 Å². The fourth-order valence-electron chi connectivity index (χ4n) is 3.76. The minimum absolute atomic E-state index is 0.115. The Bertz CT molecular complexity index is 345. The molecule has 0 bridgehead atoms. The summed E-state index contributed by atoms with van der Waals surface area (Å²) in [6, 6.07) is 0.727. The molecule has 4 heteroatoms. The van der Waals surface area contributed by atoms with Crippen molar-refractivity contribution in [2.24, 2.45) is 0 Å². The molecule has 1 N–H and O–H groups in total. The molecule has 4 nitrogen and oxygen atoms in total. The fourth-order valence-corrected chi connectivity index (χ4v) is 3.76. The average molecular weight is 294 g/mol. The predicted octanol–water partition coefficient (Wildman–Crippen LogP) is 3.01. The number of nitrogens with one attached hydrogen (secondary N) is 1. The quantitative estimate of drug-likeness (QED) is 0.847. The molecule has 2 aliphatic rings. The standard InChI is InChI=1S/C17H30N2O2/c1-14(20)19(16-10-6-3-7-11-16)13-12-17(21)18-15-8-4-2-5-9-15/h15-16H,2-13H2,1H3,(H,18,21). The Balaban J connectivity index is 1.75. The lowest BCUT2D eigenvalue weighted by Gasteiger charge is -2.33. The van der Waals surface area contributed by atoms with Gasteiger partial charge >= 0.3 is 0 Å². The SMILES string of the molecule is CC(=O)N(CCC(=O)NC1CCCCC1)C1CCCCC1. The summed E-state index contributed by atoms with van der Waals surface area (Å²) in [5, 5.41) is 3.14. The van der Waals surface area contributed by atoms with Crippen LogP contribution in [0, 0.1) is 0 Å². The second-order valence-electron chi connectivity index (χ2n) is 6.66. The molecular weight excluding hydrogens is 264 g/mol. The highest BCUT2D eigenvalue weighted by atomic mass is 16.2. The van der Waals surface area contributed by atoms with Crippen LogP contribution in [-0.2, 0) is 9.59 Å². The maximum atomic E-state index is 12.1. The first kappa shape index (κ1) is 16.3. The highest BCUT2D eigenvalue weighted by molar-refractivity contribution is 5.78. The van der Waals surface area contributed by atoms with Gasteiger partial charge in [-0.3, -0.25) is 9.59 Å². The van der Waals surface area contributed by atoms with Crippen molar-refractivity contribution in [2.45, 2.75) is 89.6 Å². The van der Waals surface area contributed by atoms with Crippen molar-refractivity contribution in [3.63, 3.8) is 0 Å². The minimum atomic E-state index is 0.115. The lowest BCUT2D eigenvalue weighted by atomic mass is 9.94. The van der Waals surface area contributed by atoms with E-state index < -0.39 is 0 Å². The van der Waals surface area contributed by atoms with Crippen molar-refractivity contribution >= 4 is 11.8 Å². The van der Waals surface area contributed by atoms with Gasteiger partial charge in [-0.15, -0.1) is 0 Å². The van der Waals surface area contributed by atoms with E-state index in [1.165, 1.54) is 38.5 Å². The molecule has 2 amide bonds. The van der Waals surface area contributed by atoms with Crippen LogP contribution in [0.5, 0.6) is 0 Å². The third-order valence-electron chi connectivity index (χ3n) is 4.97. The van der Waals surface area contributed by atoms with Gasteiger partial charge in [0.2, 0.25) is 11.8 Å². The summed E-state index contributed by atoms with van der Waals surface area (Å²) in [4.78, 5) is 25.8. The zero-order valence-electron chi connectivity index (χ0n) is 13.4. The van der Waals surface area contributed by atoms with Crippen molar-refractivity contribution in [2.75, 3.05) is 6.54 Å². The summed E-state index contributed by atoms with van der Waals surface area (Å²) in [6.45, 7) is 2.21. The van der Waals surface area contributed by atoms with E-state index in [4.69, 9.17) is 0 Å². The highest BCUT2D eigenvalue weighted by Gasteiger charge is 2.24. The van der Waals surface area contributed by atoms with Crippen molar-refractivity contribution in [3.8, 4) is 0 Å². The normalized spacial score (nSPS) is 21.0. The molecule has 2 fully saturated rings. The summed E-state index contributed by atoms with van der Waals surface area (Å²) in [6.07, 6.45) is 12.3. The fraction of sp³-hybridized carbons (Fsp3) is 0.882. The van der Waals surface area contributed by atoms with Crippen LogP contribution in [0.2, 0.25) is 0 Å². The molecule has 0 aromatic heterocycles. The number of hydrogen-bond donors (Lipinski definition) is 1. The molecule has 2 saturated carbocycles. The molecule has 0 saturated heterocycles. The summed E-state index contributed by atoms with van der Waals surface area (Å²) in [7, 11) is 0. The maximum Gasteiger partial charge on any atom is 0.221 e. The molecule has 0 aromatic rings. The molecule has 120 valence electrons. The maximum absolute atomic E-state index is 12.1. The summed E-state index contributed by atoms with van der Waals surface area (Å²) in [5.41, 5.74) is 0. The Kier molecular flexibility index (Phi) is 6.52. The first-order chi connectivity index (χ1) is 10.2. The number of carbonyl (C=O) groups is 2. The molecule has 0 atom stereocenters. The zero-order valence-corrected chi connectivity index (χ0v) is 13.4. The van der Waals surface area contributed by atoms with E-state index in [1.807, 2.05) is 4.90 Å². The number of nitrogens with zero attached hydrogens (tertiary/aromatic N) is 1. The topological polar surface area (TPSA) is 49.4 Å². The van der Waals surface area contributed by atoms with Crippen LogP contribution >= 0.6 is 0 Å².